The average Bonchev–Trinajstić information content (AvgIpc) is 2.57. The molecule has 0 bridgehead atoms. The van der Waals surface area contributed by atoms with Crippen molar-refractivity contribution in [1.82, 2.24) is 4.90 Å². The quantitative estimate of drug-likeness (QED) is 0.103. The van der Waals surface area contributed by atoms with Crippen molar-refractivity contribution in [3.8, 4) is 0 Å². The maximum Gasteiger partial charge on any atom is 0.148 e. The largest absolute Gasteiger partial charge is 0.293 e. The van der Waals surface area contributed by atoms with Gasteiger partial charge in [0.15, 0.2) is 0 Å². The van der Waals surface area contributed by atoms with Gasteiger partial charge in [-0.15, -0.1) is 92.4 Å². The molecule has 0 amide bonds. The minimum absolute atomic E-state index is 0.565. The molecule has 14 unspecified atom stereocenters. The first kappa shape index (κ1) is 38.6. The van der Waals surface area contributed by atoms with Crippen LogP contribution in [0.15, 0.2) is 0 Å². The van der Waals surface area contributed by atoms with E-state index >= 15 is 8.78 Å². The van der Waals surface area contributed by atoms with Crippen molar-refractivity contribution in [2.24, 2.45) is 5.41 Å². The van der Waals surface area contributed by atoms with Gasteiger partial charge in [-0.05, 0) is 32.4 Å². The molecule has 14 atom stereocenters. The van der Waals surface area contributed by atoms with E-state index in [1.165, 1.54) is 0 Å². The first-order valence-electron chi connectivity index (χ1n) is 10.1. The van der Waals surface area contributed by atoms with E-state index in [1.807, 2.05) is 52.2 Å². The Balaban J connectivity index is 7.07. The molecule has 0 aromatic rings. The number of rotatable bonds is 10. The van der Waals surface area contributed by atoms with E-state index in [9.17, 15) is 0 Å². The molecule has 196 valence electrons. The van der Waals surface area contributed by atoms with Gasteiger partial charge in [-0.2, -0.15) is 0 Å². The van der Waals surface area contributed by atoms with Crippen molar-refractivity contribution in [1.29, 1.82) is 0 Å². The van der Waals surface area contributed by atoms with Gasteiger partial charge in [0.1, 0.15) is 19.1 Å². The number of hydrogen-bond donors (Lipinski definition) is 0. The van der Waals surface area contributed by atoms with Gasteiger partial charge < -0.3 is 0 Å². The van der Waals surface area contributed by atoms with Gasteiger partial charge >= 0.3 is 0 Å². The Kier molecular flexibility index (Phi) is 14.2. The number of nitrogens with zero attached hydrogens (tertiary/aromatic N) is 1. The number of alkyl halides is 4. The Labute approximate surface area is 254 Å². The first-order valence-corrected chi connectivity index (χ1v) is 18.1. The van der Waals surface area contributed by atoms with Gasteiger partial charge in [-0.25, -0.2) is 4.39 Å². The maximum absolute atomic E-state index is 17.3. The Bertz CT molecular complexity index is 695. The Morgan fingerprint density at radius 1 is 0.758 bits per heavy atom. The van der Waals surface area contributed by atoms with E-state index in [0.717, 1.165) is 13.0 Å². The summed E-state index contributed by atoms with van der Waals surface area (Å²) in [4.78, 5) is -1.26. The molecule has 0 aromatic heterocycles. The molecule has 0 heterocycles. The number of halogens is 4. The predicted molar refractivity (Wildman–Crippen MR) is 203 cm³/mol. The topological polar surface area (TPSA) is 3.24 Å². The molecule has 0 saturated carbocycles. The van der Waals surface area contributed by atoms with Gasteiger partial charge in [-0.1, -0.05) is 72.9 Å². The lowest BCUT2D eigenvalue weighted by Gasteiger charge is -2.66. The number of hydrogen-bond acceptors (Lipinski definition) is 1. The third-order valence-corrected chi connectivity index (χ3v) is 22.0. The maximum atomic E-state index is 17.3. The molecular weight excluding hydrogens is 831 g/mol. The molecule has 0 N–H and O–H groups in total. The van der Waals surface area contributed by atoms with E-state index in [2.05, 4.69) is 104 Å². The SMILES string of the molecule is [B]C(F)(C(P)(P)C(F)(C(C)(C)C)C(C)(P)I)C(P)(I)C(P)(P)C(P)(P)C(P)(P)N(C)CCC. The van der Waals surface area contributed by atoms with Crippen LogP contribution in [0, 0.1) is 5.41 Å². The third kappa shape index (κ3) is 6.37. The summed E-state index contributed by atoms with van der Waals surface area (Å²) in [5.74, 6) is 0. The normalized spacial score (nSPS) is 22.3. The highest BCUT2D eigenvalue weighted by Gasteiger charge is 2.75. The van der Waals surface area contributed by atoms with E-state index in [4.69, 9.17) is 7.85 Å². The first-order chi connectivity index (χ1) is 14.0. The Hall–Kier alpha value is 5.64. The molecule has 0 spiro atoms. The standard InChI is InChI=1S/C17H42BF2I2NP10/c1-7-8-23(6)17(32,33)16(30,31)15(28,29)13(22,25)12(18,20)14(26,27)11(19,9(2,3)4)10(5,21)24/h7-8,24-33H2,1-6H3. The summed E-state index contributed by atoms with van der Waals surface area (Å²) in [6, 6.07) is 0. The molecule has 16 heteroatoms. The summed E-state index contributed by atoms with van der Waals surface area (Å²) in [5, 5.41) is -0.565. The fraction of sp³-hybridized carbons (Fsp3) is 1.00. The lowest BCUT2D eigenvalue weighted by molar-refractivity contribution is -0.0210. The molecule has 0 aromatic carbocycles. The van der Waals surface area contributed by atoms with E-state index < -0.39 is 42.7 Å². The molecule has 0 aliphatic rings. The summed E-state index contributed by atoms with van der Waals surface area (Å²) in [5.41, 5.74) is -5.54. The van der Waals surface area contributed by atoms with Gasteiger partial charge in [0.05, 0.1) is 16.2 Å². The zero-order chi connectivity index (χ0) is 27.5. The van der Waals surface area contributed by atoms with Crippen LogP contribution in [0.4, 0.5) is 8.78 Å². The zero-order valence-electron chi connectivity index (χ0n) is 20.2. The summed E-state index contributed by atoms with van der Waals surface area (Å²) < 4.78 is 32.3. The predicted octanol–water partition coefficient (Wildman–Crippen LogP) is 6.69. The second-order valence-electron chi connectivity index (χ2n) is 10.3. The summed E-state index contributed by atoms with van der Waals surface area (Å²) in [6.45, 7) is 10.1. The van der Waals surface area contributed by atoms with Crippen LogP contribution in [-0.4, -0.2) is 63.6 Å². The molecule has 0 aliphatic carbocycles. The van der Waals surface area contributed by atoms with Crippen LogP contribution in [0.1, 0.15) is 41.0 Å². The minimum atomic E-state index is -2.54. The highest BCUT2D eigenvalue weighted by atomic mass is 127. The fourth-order valence-electron chi connectivity index (χ4n) is 4.08. The van der Waals surface area contributed by atoms with Crippen molar-refractivity contribution in [2.45, 2.75) is 78.3 Å². The molecule has 0 saturated heterocycles. The van der Waals surface area contributed by atoms with E-state index in [0.29, 0.717) is 0 Å². The molecule has 1 nitrogen and oxygen atoms in total. The third-order valence-electron chi connectivity index (χ3n) is 6.55. The lowest BCUT2D eigenvalue weighted by Crippen LogP contribution is -2.75. The highest BCUT2D eigenvalue weighted by molar-refractivity contribution is 14.1. The van der Waals surface area contributed by atoms with Gasteiger partial charge in [0.25, 0.3) is 0 Å². The van der Waals surface area contributed by atoms with Crippen molar-refractivity contribution < 1.29 is 8.78 Å². The molecule has 33 heavy (non-hydrogen) atoms. The smallest absolute Gasteiger partial charge is 0.148 e. The summed E-state index contributed by atoms with van der Waals surface area (Å²) in [6.07, 6.45) is 0.964. The van der Waals surface area contributed by atoms with Crippen LogP contribution in [0.2, 0.25) is 0 Å². The molecule has 0 aliphatic heterocycles. The Morgan fingerprint density at radius 2 is 1.12 bits per heavy atom. The van der Waals surface area contributed by atoms with Crippen molar-refractivity contribution >= 4 is 145 Å². The monoisotopic (exact) mass is 873 g/mol. The average molecular weight is 873 g/mol. The molecule has 0 fully saturated rings. The highest BCUT2D eigenvalue weighted by Crippen LogP contribution is 2.75. The summed E-state index contributed by atoms with van der Waals surface area (Å²) >= 11 is 4.09. The van der Waals surface area contributed by atoms with Gasteiger partial charge in [-0.3, -0.25) is 9.29 Å². The Morgan fingerprint density at radius 3 is 1.39 bits per heavy atom. The van der Waals surface area contributed by atoms with Crippen LogP contribution >= 0.6 is 138 Å². The molecular formula is C17H42BF2I2NP10. The summed E-state index contributed by atoms with van der Waals surface area (Å²) in [7, 11) is 35.8. The van der Waals surface area contributed by atoms with Gasteiger partial charge in [0.2, 0.25) is 0 Å². The van der Waals surface area contributed by atoms with Gasteiger partial charge in [0, 0.05) is 9.79 Å². The van der Waals surface area contributed by atoms with Crippen molar-refractivity contribution in [3.05, 3.63) is 0 Å². The van der Waals surface area contributed by atoms with Crippen LogP contribution in [0.3, 0.4) is 0 Å². The van der Waals surface area contributed by atoms with E-state index in [-0.39, 0.29) is 0 Å². The lowest BCUT2D eigenvalue weighted by atomic mass is 9.62. The second kappa shape index (κ2) is 12.1. The second-order valence-corrected chi connectivity index (χ2v) is 28.5. The van der Waals surface area contributed by atoms with E-state index in [1.54, 1.807) is 27.7 Å². The fourth-order valence-corrected chi connectivity index (χ4v) is 15.2. The van der Waals surface area contributed by atoms with Crippen molar-refractivity contribution in [2.75, 3.05) is 13.6 Å². The van der Waals surface area contributed by atoms with Crippen LogP contribution in [0.5, 0.6) is 0 Å². The van der Waals surface area contributed by atoms with Crippen LogP contribution < -0.4 is 0 Å². The van der Waals surface area contributed by atoms with Crippen LogP contribution in [-0.2, 0) is 0 Å². The minimum Gasteiger partial charge on any atom is -0.293 e. The zero-order valence-corrected chi connectivity index (χ0v) is 36.1. The molecule has 0 rings (SSSR count). The molecule has 2 radical (unpaired) electrons. The van der Waals surface area contributed by atoms with Crippen LogP contribution in [0.25, 0.3) is 0 Å². The van der Waals surface area contributed by atoms with Crippen molar-refractivity contribution in [3.63, 3.8) is 0 Å².